The quantitative estimate of drug-likeness (QED) is 0.406. The van der Waals surface area contributed by atoms with Crippen LogP contribution in [0.15, 0.2) is 77.2 Å². The van der Waals surface area contributed by atoms with Crippen LogP contribution >= 0.6 is 0 Å². The van der Waals surface area contributed by atoms with Crippen molar-refractivity contribution in [3.05, 3.63) is 89.6 Å². The van der Waals surface area contributed by atoms with Gasteiger partial charge in [-0.2, -0.15) is 10.2 Å². The number of rotatable bonds is 7. The lowest BCUT2D eigenvalue weighted by molar-refractivity contribution is 0.413. The molecule has 0 saturated carbocycles. The van der Waals surface area contributed by atoms with Crippen molar-refractivity contribution >= 4 is 5.88 Å². The van der Waals surface area contributed by atoms with Crippen LogP contribution in [0.2, 0.25) is 0 Å². The van der Waals surface area contributed by atoms with Gasteiger partial charge in [0, 0.05) is 12.1 Å². The Morgan fingerprint density at radius 1 is 0.903 bits per heavy atom. The van der Waals surface area contributed by atoms with E-state index in [0.29, 0.717) is 18.3 Å². The van der Waals surface area contributed by atoms with Crippen LogP contribution in [0, 0.1) is 18.3 Å². The average molecular weight is 411 g/mol. The van der Waals surface area contributed by atoms with Gasteiger partial charge < -0.3 is 19.2 Å². The molecule has 0 spiro atoms. The second-order valence-corrected chi connectivity index (χ2v) is 6.95. The molecular formula is C25H21N3O3. The Labute approximate surface area is 180 Å². The number of methoxy groups -OCH3 is 1. The minimum atomic E-state index is 0.232. The molecule has 0 aliphatic heterocycles. The Morgan fingerprint density at radius 3 is 2.13 bits per heavy atom. The third kappa shape index (κ3) is 4.85. The van der Waals surface area contributed by atoms with Crippen molar-refractivity contribution in [2.24, 2.45) is 0 Å². The van der Waals surface area contributed by atoms with Crippen LogP contribution in [0.4, 0.5) is 5.88 Å². The summed E-state index contributed by atoms with van der Waals surface area (Å²) in [7, 11) is 1.63. The van der Waals surface area contributed by atoms with Crippen molar-refractivity contribution in [1.82, 2.24) is 4.98 Å². The topological polar surface area (TPSA) is 80.3 Å². The SMILES string of the molecule is COc1ccc(Oc2ccc(CNc3oc(-c4ccc(C)cc4)nc3C#N)cc2)cc1. The van der Waals surface area contributed by atoms with Gasteiger partial charge in [0.1, 0.15) is 23.3 Å². The van der Waals surface area contributed by atoms with Crippen molar-refractivity contribution in [2.45, 2.75) is 13.5 Å². The zero-order chi connectivity index (χ0) is 21.6. The molecule has 0 atom stereocenters. The number of nitriles is 1. The van der Waals surface area contributed by atoms with E-state index in [1.54, 1.807) is 7.11 Å². The molecule has 1 aromatic heterocycles. The summed E-state index contributed by atoms with van der Waals surface area (Å²) in [6.07, 6.45) is 0. The summed E-state index contributed by atoms with van der Waals surface area (Å²) in [6.45, 7) is 2.50. The van der Waals surface area contributed by atoms with E-state index < -0.39 is 0 Å². The van der Waals surface area contributed by atoms with Crippen LogP contribution in [0.1, 0.15) is 16.8 Å². The van der Waals surface area contributed by atoms with Gasteiger partial charge in [-0.1, -0.05) is 29.8 Å². The number of oxazole rings is 1. The highest BCUT2D eigenvalue weighted by Crippen LogP contribution is 2.27. The fourth-order valence-corrected chi connectivity index (χ4v) is 2.97. The first-order valence-corrected chi connectivity index (χ1v) is 9.77. The van der Waals surface area contributed by atoms with Crippen molar-refractivity contribution in [3.63, 3.8) is 0 Å². The molecule has 31 heavy (non-hydrogen) atoms. The highest BCUT2D eigenvalue weighted by atomic mass is 16.5. The van der Waals surface area contributed by atoms with Crippen LogP contribution in [-0.2, 0) is 6.54 Å². The van der Waals surface area contributed by atoms with E-state index in [-0.39, 0.29) is 5.69 Å². The highest BCUT2D eigenvalue weighted by molar-refractivity contribution is 5.59. The molecule has 0 amide bonds. The fraction of sp³-hybridized carbons (Fsp3) is 0.120. The minimum absolute atomic E-state index is 0.232. The third-order valence-electron chi connectivity index (χ3n) is 4.70. The van der Waals surface area contributed by atoms with E-state index in [4.69, 9.17) is 13.9 Å². The molecule has 6 nitrogen and oxygen atoms in total. The van der Waals surface area contributed by atoms with Crippen LogP contribution in [-0.4, -0.2) is 12.1 Å². The number of nitrogens with one attached hydrogen (secondary N) is 1. The van der Waals surface area contributed by atoms with Crippen molar-refractivity contribution < 1.29 is 13.9 Å². The number of benzene rings is 3. The van der Waals surface area contributed by atoms with Crippen molar-refractivity contribution in [2.75, 3.05) is 12.4 Å². The lowest BCUT2D eigenvalue weighted by Crippen LogP contribution is -1.99. The highest BCUT2D eigenvalue weighted by Gasteiger charge is 2.14. The molecule has 4 aromatic rings. The lowest BCUT2D eigenvalue weighted by Gasteiger charge is -2.08. The van der Waals surface area contributed by atoms with Gasteiger partial charge in [0.25, 0.3) is 0 Å². The van der Waals surface area contributed by atoms with Crippen LogP contribution in [0.5, 0.6) is 17.2 Å². The molecule has 154 valence electrons. The van der Waals surface area contributed by atoms with E-state index in [9.17, 15) is 5.26 Å². The third-order valence-corrected chi connectivity index (χ3v) is 4.70. The molecule has 0 radical (unpaired) electrons. The monoisotopic (exact) mass is 411 g/mol. The molecule has 0 aliphatic carbocycles. The molecule has 6 heteroatoms. The Hall–Kier alpha value is -4.24. The molecule has 0 saturated heterocycles. The van der Waals surface area contributed by atoms with Gasteiger partial charge in [-0.3, -0.25) is 0 Å². The first-order valence-electron chi connectivity index (χ1n) is 9.77. The molecule has 0 fully saturated rings. The molecule has 0 unspecified atom stereocenters. The summed E-state index contributed by atoms with van der Waals surface area (Å²) >= 11 is 0. The second kappa shape index (κ2) is 9.06. The van der Waals surface area contributed by atoms with Gasteiger partial charge in [0.15, 0.2) is 0 Å². The molecular weight excluding hydrogens is 390 g/mol. The first-order chi connectivity index (χ1) is 15.1. The number of hydrogen-bond donors (Lipinski definition) is 1. The molecule has 4 rings (SSSR count). The van der Waals surface area contributed by atoms with E-state index >= 15 is 0 Å². The van der Waals surface area contributed by atoms with Gasteiger partial charge in [0.05, 0.1) is 7.11 Å². The van der Waals surface area contributed by atoms with E-state index in [0.717, 1.165) is 33.9 Å². The number of aromatic nitrogens is 1. The summed E-state index contributed by atoms with van der Waals surface area (Å²) < 4.78 is 16.8. The Morgan fingerprint density at radius 2 is 1.52 bits per heavy atom. The maximum Gasteiger partial charge on any atom is 0.232 e. The Bertz CT molecular complexity index is 1190. The summed E-state index contributed by atoms with van der Waals surface area (Å²) in [5.74, 6) is 3.02. The smallest absolute Gasteiger partial charge is 0.232 e. The van der Waals surface area contributed by atoms with Gasteiger partial charge in [-0.25, -0.2) is 0 Å². The summed E-state index contributed by atoms with van der Waals surface area (Å²) in [6, 6.07) is 25.0. The molecule has 1 N–H and O–H groups in total. The van der Waals surface area contributed by atoms with E-state index in [1.807, 2.05) is 79.7 Å². The van der Waals surface area contributed by atoms with Gasteiger partial charge in [-0.15, -0.1) is 0 Å². The number of aryl methyl sites for hydroxylation is 1. The van der Waals surface area contributed by atoms with Crippen LogP contribution in [0.3, 0.4) is 0 Å². The predicted octanol–water partition coefficient (Wildman–Crippen LogP) is 5.93. The van der Waals surface area contributed by atoms with Crippen molar-refractivity contribution in [3.8, 4) is 34.8 Å². The maximum absolute atomic E-state index is 9.39. The molecule has 0 aliphatic rings. The van der Waals surface area contributed by atoms with E-state index in [1.165, 1.54) is 0 Å². The largest absolute Gasteiger partial charge is 0.497 e. The van der Waals surface area contributed by atoms with Crippen molar-refractivity contribution in [1.29, 1.82) is 5.26 Å². The average Bonchev–Trinajstić information content (AvgIpc) is 3.23. The first kappa shape index (κ1) is 20.0. The minimum Gasteiger partial charge on any atom is -0.497 e. The number of nitrogens with zero attached hydrogens (tertiary/aromatic N) is 2. The van der Waals surface area contributed by atoms with Gasteiger partial charge in [0.2, 0.25) is 17.5 Å². The lowest BCUT2D eigenvalue weighted by atomic mass is 10.1. The zero-order valence-electron chi connectivity index (χ0n) is 17.3. The van der Waals surface area contributed by atoms with Crippen LogP contribution in [0.25, 0.3) is 11.5 Å². The normalized spacial score (nSPS) is 10.4. The second-order valence-electron chi connectivity index (χ2n) is 6.95. The predicted molar refractivity (Wildman–Crippen MR) is 118 cm³/mol. The van der Waals surface area contributed by atoms with Gasteiger partial charge in [-0.05, 0) is 61.0 Å². The molecule has 0 bridgehead atoms. The summed E-state index contributed by atoms with van der Waals surface area (Å²) in [5.41, 5.74) is 3.22. The number of hydrogen-bond acceptors (Lipinski definition) is 6. The summed E-state index contributed by atoms with van der Waals surface area (Å²) in [5, 5.41) is 12.6. The maximum atomic E-state index is 9.39. The molecule has 1 heterocycles. The van der Waals surface area contributed by atoms with E-state index in [2.05, 4.69) is 16.4 Å². The Kier molecular flexibility index (Phi) is 5.86. The number of ether oxygens (including phenoxy) is 2. The van der Waals surface area contributed by atoms with Crippen LogP contribution < -0.4 is 14.8 Å². The standard InChI is InChI=1S/C25H21N3O3/c1-17-3-7-19(8-4-17)24-28-23(15-26)25(31-24)27-16-18-5-9-21(10-6-18)30-22-13-11-20(29-2)12-14-22/h3-14,27H,16H2,1-2H3. The van der Waals surface area contributed by atoms with Gasteiger partial charge >= 0.3 is 0 Å². The zero-order valence-corrected chi connectivity index (χ0v) is 17.3. The molecule has 3 aromatic carbocycles. The number of anilines is 1. The Balaban J connectivity index is 1.41. The summed E-state index contributed by atoms with van der Waals surface area (Å²) in [4.78, 5) is 4.29. The fourth-order valence-electron chi connectivity index (χ4n) is 2.97.